The average Bonchev–Trinajstić information content (AvgIpc) is 2.73. The molecular formula is C24H28F2N2O. The summed E-state index contributed by atoms with van der Waals surface area (Å²) in [4.78, 5) is 6.53. The van der Waals surface area contributed by atoms with Crippen molar-refractivity contribution in [3.8, 4) is 5.75 Å². The van der Waals surface area contributed by atoms with E-state index in [1.807, 2.05) is 0 Å². The zero-order valence-corrected chi connectivity index (χ0v) is 17.0. The molecule has 2 aliphatic rings. The van der Waals surface area contributed by atoms with E-state index in [0.29, 0.717) is 23.4 Å². The van der Waals surface area contributed by atoms with Crippen LogP contribution in [0.2, 0.25) is 0 Å². The Hall–Kier alpha value is -2.27. The van der Waals surface area contributed by atoms with Gasteiger partial charge in [0.1, 0.15) is 17.9 Å². The summed E-state index contributed by atoms with van der Waals surface area (Å²) in [6.45, 7) is 5.12. The number of benzene rings is 1. The van der Waals surface area contributed by atoms with Crippen LogP contribution in [0.5, 0.6) is 5.75 Å². The number of fused-ring (bicyclic) bond motifs is 1. The third-order valence-electron chi connectivity index (χ3n) is 5.94. The molecule has 0 amide bonds. The predicted octanol–water partition coefficient (Wildman–Crippen LogP) is 5.58. The van der Waals surface area contributed by atoms with Crippen molar-refractivity contribution in [2.24, 2.45) is 5.92 Å². The number of hydrogen-bond donors (Lipinski definition) is 0. The molecule has 2 heterocycles. The summed E-state index contributed by atoms with van der Waals surface area (Å²) in [7, 11) is 0. The van der Waals surface area contributed by atoms with Gasteiger partial charge in [-0.1, -0.05) is 23.8 Å². The van der Waals surface area contributed by atoms with Gasteiger partial charge in [0, 0.05) is 23.7 Å². The number of rotatable bonds is 6. The highest BCUT2D eigenvalue weighted by Gasteiger charge is 2.20. The number of allylic oxidation sites excluding steroid dienone is 4. The van der Waals surface area contributed by atoms with Crippen LogP contribution in [0.3, 0.4) is 0 Å². The number of halogens is 2. The molecule has 5 heteroatoms. The lowest BCUT2D eigenvalue weighted by Gasteiger charge is -2.32. The molecule has 154 valence electrons. The van der Waals surface area contributed by atoms with Crippen LogP contribution in [-0.4, -0.2) is 36.1 Å². The van der Waals surface area contributed by atoms with E-state index in [4.69, 9.17) is 4.74 Å². The van der Waals surface area contributed by atoms with Gasteiger partial charge >= 0.3 is 0 Å². The van der Waals surface area contributed by atoms with Crippen LogP contribution in [0, 0.1) is 24.5 Å². The normalized spacial score (nSPS) is 18.2. The molecular weight excluding hydrogens is 370 g/mol. The van der Waals surface area contributed by atoms with Gasteiger partial charge in [0.25, 0.3) is 0 Å². The maximum Gasteiger partial charge on any atom is 0.185 e. The number of ether oxygens (including phenoxy) is 1. The fourth-order valence-electron chi connectivity index (χ4n) is 4.26. The van der Waals surface area contributed by atoms with Crippen molar-refractivity contribution < 1.29 is 13.5 Å². The van der Waals surface area contributed by atoms with Gasteiger partial charge in [-0.15, -0.1) is 0 Å². The SMILES string of the molecule is Cc1ccc2c(OCCN3CCC(CC4=CCCC=C4)CC3)cc(F)c(F)c2n1. The second kappa shape index (κ2) is 9.04. The third-order valence-corrected chi connectivity index (χ3v) is 5.94. The zero-order valence-electron chi connectivity index (χ0n) is 17.0. The molecule has 0 saturated carbocycles. The van der Waals surface area contributed by atoms with Crippen molar-refractivity contribution >= 4 is 10.9 Å². The quantitative estimate of drug-likeness (QED) is 0.635. The zero-order chi connectivity index (χ0) is 20.2. The molecule has 1 aliphatic carbocycles. The van der Waals surface area contributed by atoms with E-state index in [-0.39, 0.29) is 5.52 Å². The van der Waals surface area contributed by atoms with Gasteiger partial charge in [-0.05, 0) is 70.2 Å². The number of aryl methyl sites for hydroxylation is 1. The van der Waals surface area contributed by atoms with Gasteiger partial charge in [-0.25, -0.2) is 13.8 Å². The van der Waals surface area contributed by atoms with Crippen LogP contribution in [0.15, 0.2) is 42.0 Å². The molecule has 0 radical (unpaired) electrons. The highest BCUT2D eigenvalue weighted by Crippen LogP contribution is 2.30. The van der Waals surface area contributed by atoms with Crippen molar-refractivity contribution in [1.29, 1.82) is 0 Å². The van der Waals surface area contributed by atoms with Crippen LogP contribution >= 0.6 is 0 Å². The smallest absolute Gasteiger partial charge is 0.185 e. The highest BCUT2D eigenvalue weighted by atomic mass is 19.2. The van der Waals surface area contributed by atoms with Crippen molar-refractivity contribution in [2.45, 2.75) is 39.0 Å². The first-order valence-electron chi connectivity index (χ1n) is 10.6. The van der Waals surface area contributed by atoms with E-state index in [1.165, 1.54) is 37.7 Å². The lowest BCUT2D eigenvalue weighted by molar-refractivity contribution is 0.155. The Labute approximate surface area is 171 Å². The number of pyridine rings is 1. The van der Waals surface area contributed by atoms with Crippen molar-refractivity contribution in [3.63, 3.8) is 0 Å². The Bertz CT molecular complexity index is 930. The first-order valence-corrected chi connectivity index (χ1v) is 10.6. The van der Waals surface area contributed by atoms with E-state index in [1.54, 1.807) is 19.1 Å². The number of likely N-dealkylation sites (tertiary alicyclic amines) is 1. The summed E-state index contributed by atoms with van der Waals surface area (Å²) in [5, 5.41) is 0.516. The Kier molecular flexibility index (Phi) is 6.24. The first kappa shape index (κ1) is 20.0. The molecule has 0 spiro atoms. The predicted molar refractivity (Wildman–Crippen MR) is 112 cm³/mol. The standard InChI is InChI=1S/C24H28F2N2O/c1-17-7-8-20-22(16-21(25)23(26)24(20)27-17)29-14-13-28-11-9-19(10-12-28)15-18-5-3-2-4-6-18/h3,5-8,16,19H,2,4,9-15H2,1H3. The maximum absolute atomic E-state index is 14.1. The van der Waals surface area contributed by atoms with E-state index < -0.39 is 11.6 Å². The minimum atomic E-state index is -0.919. The van der Waals surface area contributed by atoms with Gasteiger partial charge in [0.05, 0.1) is 0 Å². The number of piperidine rings is 1. The number of hydrogen-bond acceptors (Lipinski definition) is 3. The van der Waals surface area contributed by atoms with Gasteiger partial charge in [0.2, 0.25) is 0 Å². The van der Waals surface area contributed by atoms with Gasteiger partial charge < -0.3 is 4.74 Å². The number of aromatic nitrogens is 1. The maximum atomic E-state index is 14.1. The highest BCUT2D eigenvalue weighted by molar-refractivity contribution is 5.85. The summed E-state index contributed by atoms with van der Waals surface area (Å²) in [5.74, 6) is -0.721. The summed E-state index contributed by atoms with van der Waals surface area (Å²) in [6.07, 6.45) is 12.9. The van der Waals surface area contributed by atoms with E-state index in [2.05, 4.69) is 28.1 Å². The summed E-state index contributed by atoms with van der Waals surface area (Å²) in [6, 6.07) is 4.66. The molecule has 1 fully saturated rings. The molecule has 0 atom stereocenters. The second-order valence-corrected chi connectivity index (χ2v) is 8.12. The molecule has 0 unspecified atom stereocenters. The average molecular weight is 398 g/mol. The van der Waals surface area contributed by atoms with Gasteiger partial charge in [0.15, 0.2) is 11.6 Å². The second-order valence-electron chi connectivity index (χ2n) is 8.12. The molecule has 0 bridgehead atoms. The summed E-state index contributed by atoms with van der Waals surface area (Å²) < 4.78 is 33.8. The minimum Gasteiger partial charge on any atom is -0.491 e. The Morgan fingerprint density at radius 1 is 1.17 bits per heavy atom. The Morgan fingerprint density at radius 3 is 2.76 bits per heavy atom. The summed E-state index contributed by atoms with van der Waals surface area (Å²) in [5.41, 5.74) is 2.18. The molecule has 29 heavy (non-hydrogen) atoms. The molecule has 3 nitrogen and oxygen atoms in total. The molecule has 1 aromatic heterocycles. The Morgan fingerprint density at radius 2 is 2.00 bits per heavy atom. The third kappa shape index (κ3) is 4.84. The number of nitrogens with zero attached hydrogens (tertiary/aromatic N) is 2. The molecule has 4 rings (SSSR count). The van der Waals surface area contributed by atoms with Crippen LogP contribution < -0.4 is 4.74 Å². The fraction of sp³-hybridized carbons (Fsp3) is 0.458. The van der Waals surface area contributed by atoms with E-state index in [9.17, 15) is 8.78 Å². The van der Waals surface area contributed by atoms with Crippen molar-refractivity contribution in [1.82, 2.24) is 9.88 Å². The lowest BCUT2D eigenvalue weighted by Crippen LogP contribution is -2.36. The lowest BCUT2D eigenvalue weighted by atomic mass is 9.88. The van der Waals surface area contributed by atoms with Crippen LogP contribution in [-0.2, 0) is 0 Å². The molecule has 1 aromatic carbocycles. The molecule has 0 N–H and O–H groups in total. The summed E-state index contributed by atoms with van der Waals surface area (Å²) >= 11 is 0. The molecule has 1 aliphatic heterocycles. The van der Waals surface area contributed by atoms with Crippen molar-refractivity contribution in [3.05, 3.63) is 59.3 Å². The fourth-order valence-corrected chi connectivity index (χ4v) is 4.26. The monoisotopic (exact) mass is 398 g/mol. The van der Waals surface area contributed by atoms with Crippen LogP contribution in [0.25, 0.3) is 10.9 Å². The van der Waals surface area contributed by atoms with Crippen LogP contribution in [0.4, 0.5) is 8.78 Å². The topological polar surface area (TPSA) is 25.4 Å². The minimum absolute atomic E-state index is 0.0341. The largest absolute Gasteiger partial charge is 0.491 e. The molecule has 2 aromatic rings. The molecule has 1 saturated heterocycles. The van der Waals surface area contributed by atoms with E-state index in [0.717, 1.165) is 31.6 Å². The van der Waals surface area contributed by atoms with E-state index >= 15 is 0 Å². The van der Waals surface area contributed by atoms with Gasteiger partial charge in [-0.3, -0.25) is 4.90 Å². The van der Waals surface area contributed by atoms with Crippen molar-refractivity contribution in [2.75, 3.05) is 26.2 Å². The van der Waals surface area contributed by atoms with Gasteiger partial charge in [-0.2, -0.15) is 0 Å². The Balaban J connectivity index is 1.29. The first-order chi connectivity index (χ1) is 14.1. The van der Waals surface area contributed by atoms with Crippen LogP contribution in [0.1, 0.15) is 37.8 Å².